The molecule has 0 bridgehead atoms. The predicted octanol–water partition coefficient (Wildman–Crippen LogP) is 2.96. The molecule has 1 heterocycles. The summed E-state index contributed by atoms with van der Waals surface area (Å²) in [6.07, 6.45) is 1.56. The molecule has 0 spiro atoms. The Bertz CT molecular complexity index is 901. The number of rotatable bonds is 4. The number of urea groups is 1. The highest BCUT2D eigenvalue weighted by Gasteiger charge is 2.32. The Morgan fingerprint density at radius 2 is 1.88 bits per heavy atom. The lowest BCUT2D eigenvalue weighted by Crippen LogP contribution is -2.52. The molecule has 1 aromatic rings. The van der Waals surface area contributed by atoms with Crippen LogP contribution in [0.4, 0.5) is 10.5 Å². The number of carbonyl (C=O) groups is 3. The molecule has 1 fully saturated rings. The van der Waals surface area contributed by atoms with Gasteiger partial charge >= 0.3 is 6.03 Å². The molecule has 9 heteroatoms. The van der Waals surface area contributed by atoms with Gasteiger partial charge in [0, 0.05) is 56.9 Å². The normalized spacial score (nSPS) is 24.0. The van der Waals surface area contributed by atoms with Gasteiger partial charge in [0.2, 0.25) is 5.91 Å². The second-order valence-electron chi connectivity index (χ2n) is 9.83. The van der Waals surface area contributed by atoms with Crippen molar-refractivity contribution >= 4 is 23.5 Å². The summed E-state index contributed by atoms with van der Waals surface area (Å²) in [5, 5.41) is 5.88. The summed E-state index contributed by atoms with van der Waals surface area (Å²) >= 11 is 0. The Labute approximate surface area is 202 Å². The number of amides is 4. The van der Waals surface area contributed by atoms with Gasteiger partial charge in [-0.25, -0.2) is 4.79 Å². The first kappa shape index (κ1) is 25.8. The number of carbonyl (C=O) groups excluding carboxylic acids is 3. The number of likely N-dealkylation sites (N-methyl/N-ethyl adjacent to an activating group) is 1. The molecular formula is C25H38N4O5. The van der Waals surface area contributed by atoms with Crippen LogP contribution in [0.15, 0.2) is 18.2 Å². The number of methoxy groups -OCH3 is 1. The Morgan fingerprint density at radius 3 is 2.50 bits per heavy atom. The van der Waals surface area contributed by atoms with Gasteiger partial charge in [0.1, 0.15) is 12.4 Å². The van der Waals surface area contributed by atoms with Crippen molar-refractivity contribution in [1.82, 2.24) is 15.1 Å². The van der Waals surface area contributed by atoms with Crippen LogP contribution in [0.2, 0.25) is 0 Å². The highest BCUT2D eigenvalue weighted by atomic mass is 16.5. The van der Waals surface area contributed by atoms with Crippen LogP contribution in [0, 0.1) is 11.8 Å². The molecule has 1 aromatic carbocycles. The lowest BCUT2D eigenvalue weighted by atomic mass is 10.0. The summed E-state index contributed by atoms with van der Waals surface area (Å²) in [4.78, 5) is 41.9. The van der Waals surface area contributed by atoms with Crippen LogP contribution in [0.25, 0.3) is 0 Å². The first-order valence-electron chi connectivity index (χ1n) is 12.0. The zero-order valence-electron chi connectivity index (χ0n) is 21.1. The van der Waals surface area contributed by atoms with Crippen molar-refractivity contribution in [1.29, 1.82) is 0 Å². The number of fused-ring (bicyclic) bond motifs is 1. The maximum Gasteiger partial charge on any atom is 0.317 e. The van der Waals surface area contributed by atoms with Crippen molar-refractivity contribution in [3.05, 3.63) is 23.8 Å². The molecule has 2 aliphatic rings. The minimum Gasteiger partial charge on any atom is -0.491 e. The summed E-state index contributed by atoms with van der Waals surface area (Å²) in [7, 11) is 3.35. The maximum absolute atomic E-state index is 13.3. The number of benzene rings is 1. The summed E-state index contributed by atoms with van der Waals surface area (Å²) in [5.41, 5.74) is 0.990. The average Bonchev–Trinajstić information content (AvgIpc) is 3.63. The second kappa shape index (κ2) is 11.1. The molecule has 0 saturated heterocycles. The number of hydrogen-bond donors (Lipinski definition) is 2. The van der Waals surface area contributed by atoms with Crippen molar-refractivity contribution in [3.63, 3.8) is 0 Å². The van der Waals surface area contributed by atoms with Gasteiger partial charge in [-0.05, 0) is 45.7 Å². The third-order valence-electron chi connectivity index (χ3n) is 6.34. The van der Waals surface area contributed by atoms with Crippen LogP contribution in [0.3, 0.4) is 0 Å². The molecule has 34 heavy (non-hydrogen) atoms. The molecule has 0 unspecified atom stereocenters. The zero-order chi connectivity index (χ0) is 25.0. The summed E-state index contributed by atoms with van der Waals surface area (Å²) in [5.74, 6) is 0.227. The number of ether oxygens (including phenoxy) is 2. The van der Waals surface area contributed by atoms with Crippen LogP contribution in [-0.4, -0.2) is 79.7 Å². The summed E-state index contributed by atoms with van der Waals surface area (Å²) < 4.78 is 11.8. The SMILES string of the molecule is CO[C@H]1CN(C)C(=O)c2ccc(NC(=O)C3CC3)cc2OC[C@H](C)N(C(=O)NC(C)C)C[C@H]1C. The van der Waals surface area contributed by atoms with Crippen molar-refractivity contribution in [2.75, 3.05) is 39.2 Å². The minimum atomic E-state index is -0.261. The van der Waals surface area contributed by atoms with Crippen molar-refractivity contribution in [2.24, 2.45) is 11.8 Å². The van der Waals surface area contributed by atoms with E-state index in [9.17, 15) is 14.4 Å². The van der Waals surface area contributed by atoms with Gasteiger partial charge in [0.05, 0.1) is 17.7 Å². The molecule has 1 saturated carbocycles. The van der Waals surface area contributed by atoms with E-state index in [4.69, 9.17) is 9.47 Å². The Hall–Kier alpha value is -2.81. The van der Waals surface area contributed by atoms with Crippen molar-refractivity contribution in [3.8, 4) is 5.75 Å². The van der Waals surface area contributed by atoms with Crippen LogP contribution in [0.5, 0.6) is 5.75 Å². The molecule has 1 aliphatic heterocycles. The Kier molecular flexibility index (Phi) is 8.41. The maximum atomic E-state index is 13.3. The molecule has 188 valence electrons. The van der Waals surface area contributed by atoms with E-state index in [1.807, 2.05) is 27.7 Å². The third kappa shape index (κ3) is 6.40. The largest absolute Gasteiger partial charge is 0.491 e. The van der Waals surface area contributed by atoms with Crippen molar-refractivity contribution in [2.45, 2.75) is 58.7 Å². The lowest BCUT2D eigenvalue weighted by Gasteiger charge is -2.36. The lowest BCUT2D eigenvalue weighted by molar-refractivity contribution is -0.117. The van der Waals surface area contributed by atoms with E-state index in [0.29, 0.717) is 30.1 Å². The van der Waals surface area contributed by atoms with Crippen LogP contribution >= 0.6 is 0 Å². The fourth-order valence-corrected chi connectivity index (χ4v) is 4.05. The molecule has 1 aliphatic carbocycles. The van der Waals surface area contributed by atoms with E-state index in [0.717, 1.165) is 12.8 Å². The van der Waals surface area contributed by atoms with Gasteiger partial charge in [-0.1, -0.05) is 6.92 Å². The van der Waals surface area contributed by atoms with Gasteiger partial charge in [0.25, 0.3) is 5.91 Å². The standard InChI is InChI=1S/C25H38N4O5/c1-15(2)26-25(32)29-12-16(3)22(33-6)13-28(5)24(31)20-10-9-19(27-23(30)18-7-8-18)11-21(20)34-14-17(29)4/h9-11,15-18,22H,7-8,12-14H2,1-6H3,(H,26,32)(H,27,30)/t16-,17+,22+/m1/s1. The zero-order valence-corrected chi connectivity index (χ0v) is 21.1. The smallest absolute Gasteiger partial charge is 0.317 e. The van der Waals surface area contributed by atoms with Crippen LogP contribution in [-0.2, 0) is 9.53 Å². The predicted molar refractivity (Wildman–Crippen MR) is 130 cm³/mol. The van der Waals surface area contributed by atoms with E-state index in [1.165, 1.54) is 0 Å². The number of nitrogens with one attached hydrogen (secondary N) is 2. The highest BCUT2D eigenvalue weighted by molar-refractivity contribution is 5.99. The minimum absolute atomic E-state index is 0.00218. The first-order chi connectivity index (χ1) is 16.1. The molecule has 3 rings (SSSR count). The van der Waals surface area contributed by atoms with Crippen molar-refractivity contribution < 1.29 is 23.9 Å². The Balaban J connectivity index is 1.92. The van der Waals surface area contributed by atoms with E-state index in [2.05, 4.69) is 10.6 Å². The molecular weight excluding hydrogens is 436 g/mol. The fraction of sp³-hybridized carbons (Fsp3) is 0.640. The van der Waals surface area contributed by atoms with Gasteiger partial charge in [-0.15, -0.1) is 0 Å². The van der Waals surface area contributed by atoms with E-state index >= 15 is 0 Å². The highest BCUT2D eigenvalue weighted by Crippen LogP contribution is 2.32. The number of nitrogens with zero attached hydrogens (tertiary/aromatic N) is 2. The molecule has 3 atom stereocenters. The first-order valence-corrected chi connectivity index (χ1v) is 12.0. The van der Waals surface area contributed by atoms with Gasteiger partial charge < -0.3 is 29.9 Å². The fourth-order valence-electron chi connectivity index (χ4n) is 4.05. The summed E-state index contributed by atoms with van der Waals surface area (Å²) in [6.45, 7) is 8.80. The Morgan fingerprint density at radius 1 is 1.18 bits per heavy atom. The average molecular weight is 475 g/mol. The van der Waals surface area contributed by atoms with Gasteiger partial charge in [-0.3, -0.25) is 9.59 Å². The quantitative estimate of drug-likeness (QED) is 0.699. The van der Waals surface area contributed by atoms with Gasteiger partial charge in [-0.2, -0.15) is 0 Å². The van der Waals surface area contributed by atoms with Gasteiger partial charge in [0.15, 0.2) is 0 Å². The van der Waals surface area contributed by atoms with Crippen LogP contribution < -0.4 is 15.4 Å². The van der Waals surface area contributed by atoms with E-state index < -0.39 is 0 Å². The number of anilines is 1. The molecule has 2 N–H and O–H groups in total. The van der Waals surface area contributed by atoms with Crippen LogP contribution in [0.1, 0.15) is 50.9 Å². The molecule has 0 aromatic heterocycles. The summed E-state index contributed by atoms with van der Waals surface area (Å²) in [6, 6.07) is 4.67. The second-order valence-corrected chi connectivity index (χ2v) is 9.83. The van der Waals surface area contributed by atoms with E-state index in [-0.39, 0.29) is 54.5 Å². The number of hydrogen-bond acceptors (Lipinski definition) is 5. The third-order valence-corrected chi connectivity index (χ3v) is 6.34. The van der Waals surface area contributed by atoms with E-state index in [1.54, 1.807) is 42.2 Å². The molecule has 4 amide bonds. The molecule has 0 radical (unpaired) electrons. The molecule has 9 nitrogen and oxygen atoms in total. The topological polar surface area (TPSA) is 100 Å². The monoisotopic (exact) mass is 474 g/mol.